The van der Waals surface area contributed by atoms with Gasteiger partial charge >= 0.3 is 0 Å². The minimum absolute atomic E-state index is 0.00538. The van der Waals surface area contributed by atoms with Crippen LogP contribution in [0.15, 0.2) is 67.3 Å². The molecular weight excluding hydrogens is 376 g/mol. The summed E-state index contributed by atoms with van der Waals surface area (Å²) >= 11 is 0. The number of carbonyl (C=O) groups is 1. The van der Waals surface area contributed by atoms with Crippen molar-refractivity contribution in [2.75, 3.05) is 13.2 Å². The Balaban J connectivity index is 1.26. The summed E-state index contributed by atoms with van der Waals surface area (Å²) in [5, 5.41) is 6.48. The number of fused-ring (bicyclic) bond motifs is 1. The van der Waals surface area contributed by atoms with Gasteiger partial charge in [0.1, 0.15) is 5.75 Å². The van der Waals surface area contributed by atoms with Gasteiger partial charge < -0.3 is 15.4 Å². The van der Waals surface area contributed by atoms with Crippen molar-refractivity contribution < 1.29 is 9.53 Å². The largest absolute Gasteiger partial charge is 0.494 e. The number of carbonyl (C=O) groups excluding carboxylic acids is 1. The van der Waals surface area contributed by atoms with Gasteiger partial charge in [0.2, 0.25) is 0 Å². The average molecular weight is 402 g/mol. The van der Waals surface area contributed by atoms with Gasteiger partial charge in [-0.15, -0.1) is 0 Å². The van der Waals surface area contributed by atoms with Gasteiger partial charge in [0.15, 0.2) is 0 Å². The standard InChI is InChI=1S/C24H26N4O2/c29-24-22-6-5-21(15-20(22)17-28-24)30-14-2-11-27-23(19-8-12-25-13-9-19)7-4-18-3-1-10-26-16-18/h1,3,5-6,8-10,12-13,15-16,23,27H,2,4,7,11,14,17H2,(H,28,29). The Hall–Kier alpha value is -3.25. The van der Waals surface area contributed by atoms with Crippen LogP contribution in [0.3, 0.4) is 0 Å². The molecule has 0 aliphatic carbocycles. The summed E-state index contributed by atoms with van der Waals surface area (Å²) in [4.78, 5) is 20.0. The molecule has 0 spiro atoms. The van der Waals surface area contributed by atoms with E-state index in [1.54, 1.807) is 6.20 Å². The van der Waals surface area contributed by atoms with E-state index < -0.39 is 0 Å². The third kappa shape index (κ3) is 5.21. The number of aryl methyl sites for hydroxylation is 1. The van der Waals surface area contributed by atoms with Crippen LogP contribution >= 0.6 is 0 Å². The monoisotopic (exact) mass is 402 g/mol. The van der Waals surface area contributed by atoms with Crippen LogP contribution in [0.5, 0.6) is 5.75 Å². The van der Waals surface area contributed by atoms with Crippen molar-refractivity contribution in [3.63, 3.8) is 0 Å². The molecule has 0 saturated heterocycles. The molecule has 154 valence electrons. The molecule has 6 heteroatoms. The Morgan fingerprint density at radius 2 is 2.00 bits per heavy atom. The molecule has 2 aromatic heterocycles. The van der Waals surface area contributed by atoms with E-state index in [0.29, 0.717) is 13.2 Å². The predicted octanol–water partition coefficient (Wildman–Crippen LogP) is 3.45. The van der Waals surface area contributed by atoms with Crippen molar-refractivity contribution in [1.82, 2.24) is 20.6 Å². The van der Waals surface area contributed by atoms with Gasteiger partial charge in [0, 0.05) is 42.9 Å². The number of pyridine rings is 2. The number of benzene rings is 1. The smallest absolute Gasteiger partial charge is 0.251 e. The van der Waals surface area contributed by atoms with Crippen LogP contribution in [0.25, 0.3) is 0 Å². The predicted molar refractivity (Wildman–Crippen MR) is 115 cm³/mol. The minimum Gasteiger partial charge on any atom is -0.494 e. The molecule has 0 bridgehead atoms. The molecule has 0 saturated carbocycles. The summed E-state index contributed by atoms with van der Waals surface area (Å²) in [5.74, 6) is 0.807. The molecule has 1 atom stereocenters. The molecule has 30 heavy (non-hydrogen) atoms. The van der Waals surface area contributed by atoms with Crippen LogP contribution < -0.4 is 15.4 Å². The Kier molecular flexibility index (Phi) is 6.67. The normalized spacial score (nSPS) is 13.5. The molecule has 3 heterocycles. The summed E-state index contributed by atoms with van der Waals surface area (Å²) in [7, 11) is 0. The summed E-state index contributed by atoms with van der Waals surface area (Å²) in [6.45, 7) is 2.06. The highest BCUT2D eigenvalue weighted by Crippen LogP contribution is 2.22. The lowest BCUT2D eigenvalue weighted by Gasteiger charge is -2.19. The number of nitrogens with one attached hydrogen (secondary N) is 2. The average Bonchev–Trinajstić information content (AvgIpc) is 3.17. The van der Waals surface area contributed by atoms with Crippen molar-refractivity contribution in [3.05, 3.63) is 89.5 Å². The van der Waals surface area contributed by atoms with Gasteiger partial charge in [-0.25, -0.2) is 0 Å². The Labute approximate surface area is 176 Å². The summed E-state index contributed by atoms with van der Waals surface area (Å²) < 4.78 is 5.89. The van der Waals surface area contributed by atoms with E-state index in [1.807, 2.05) is 42.9 Å². The van der Waals surface area contributed by atoms with Crippen LogP contribution in [0, 0.1) is 0 Å². The van der Waals surface area contributed by atoms with Crippen molar-refractivity contribution in [1.29, 1.82) is 0 Å². The lowest BCUT2D eigenvalue weighted by atomic mass is 10.0. The van der Waals surface area contributed by atoms with E-state index >= 15 is 0 Å². The van der Waals surface area contributed by atoms with E-state index in [-0.39, 0.29) is 11.9 Å². The van der Waals surface area contributed by atoms with Crippen LogP contribution in [-0.2, 0) is 13.0 Å². The first-order chi connectivity index (χ1) is 14.8. The molecule has 1 aromatic carbocycles. The lowest BCUT2D eigenvalue weighted by molar-refractivity contribution is 0.0966. The molecule has 6 nitrogen and oxygen atoms in total. The molecular formula is C24H26N4O2. The fourth-order valence-electron chi connectivity index (χ4n) is 3.68. The quantitative estimate of drug-likeness (QED) is 0.508. The van der Waals surface area contributed by atoms with E-state index in [4.69, 9.17) is 4.74 Å². The third-order valence-corrected chi connectivity index (χ3v) is 5.29. The van der Waals surface area contributed by atoms with Crippen LogP contribution in [0.1, 0.15) is 45.9 Å². The molecule has 0 fully saturated rings. The highest BCUT2D eigenvalue weighted by Gasteiger charge is 2.18. The number of nitrogens with zero attached hydrogens (tertiary/aromatic N) is 2. The first-order valence-electron chi connectivity index (χ1n) is 10.4. The Morgan fingerprint density at radius 3 is 2.83 bits per heavy atom. The molecule has 1 unspecified atom stereocenters. The van der Waals surface area contributed by atoms with Gasteiger partial charge in [-0.1, -0.05) is 6.07 Å². The number of aromatic nitrogens is 2. The number of hydrogen-bond donors (Lipinski definition) is 2. The number of rotatable bonds is 10. The van der Waals surface area contributed by atoms with E-state index in [9.17, 15) is 4.79 Å². The summed E-state index contributed by atoms with van der Waals surface area (Å²) in [5.41, 5.74) is 4.23. The second kappa shape index (κ2) is 9.98. The number of amides is 1. The van der Waals surface area contributed by atoms with Crippen molar-refractivity contribution in [3.8, 4) is 5.75 Å². The van der Waals surface area contributed by atoms with E-state index in [0.717, 1.165) is 42.7 Å². The first kappa shape index (κ1) is 20.0. The summed E-state index contributed by atoms with van der Waals surface area (Å²) in [6, 6.07) is 14.1. The second-order valence-electron chi connectivity index (χ2n) is 7.39. The lowest BCUT2D eigenvalue weighted by Crippen LogP contribution is -2.24. The van der Waals surface area contributed by atoms with Crippen molar-refractivity contribution in [2.24, 2.45) is 0 Å². The number of hydrogen-bond acceptors (Lipinski definition) is 5. The molecule has 4 rings (SSSR count). The topological polar surface area (TPSA) is 76.1 Å². The zero-order valence-electron chi connectivity index (χ0n) is 16.9. The minimum atomic E-state index is -0.00538. The molecule has 1 aliphatic heterocycles. The maximum atomic E-state index is 11.6. The summed E-state index contributed by atoms with van der Waals surface area (Å²) in [6.07, 6.45) is 10.3. The third-order valence-electron chi connectivity index (χ3n) is 5.29. The van der Waals surface area contributed by atoms with E-state index in [2.05, 4.69) is 38.8 Å². The zero-order valence-corrected chi connectivity index (χ0v) is 16.9. The van der Waals surface area contributed by atoms with Gasteiger partial charge in [-0.05, 0) is 78.9 Å². The Morgan fingerprint density at radius 1 is 1.10 bits per heavy atom. The van der Waals surface area contributed by atoms with Crippen molar-refractivity contribution >= 4 is 5.91 Å². The van der Waals surface area contributed by atoms with Gasteiger partial charge in [-0.3, -0.25) is 14.8 Å². The first-order valence-corrected chi connectivity index (χ1v) is 10.4. The highest BCUT2D eigenvalue weighted by atomic mass is 16.5. The SMILES string of the molecule is O=C1NCc2cc(OCCCNC(CCc3cccnc3)c3ccncc3)ccc21. The fourth-order valence-corrected chi connectivity index (χ4v) is 3.68. The molecule has 3 aromatic rings. The maximum Gasteiger partial charge on any atom is 0.251 e. The second-order valence-corrected chi connectivity index (χ2v) is 7.39. The number of ether oxygens (including phenoxy) is 1. The maximum absolute atomic E-state index is 11.6. The van der Waals surface area contributed by atoms with Gasteiger partial charge in [0.25, 0.3) is 5.91 Å². The molecule has 0 radical (unpaired) electrons. The van der Waals surface area contributed by atoms with E-state index in [1.165, 1.54) is 11.1 Å². The Bertz CT molecular complexity index is 963. The van der Waals surface area contributed by atoms with Crippen LogP contribution in [-0.4, -0.2) is 29.0 Å². The van der Waals surface area contributed by atoms with Gasteiger partial charge in [-0.2, -0.15) is 0 Å². The van der Waals surface area contributed by atoms with Gasteiger partial charge in [0.05, 0.1) is 6.61 Å². The molecule has 2 N–H and O–H groups in total. The zero-order chi connectivity index (χ0) is 20.6. The highest BCUT2D eigenvalue weighted by molar-refractivity contribution is 5.98. The fraction of sp³-hybridized carbons (Fsp3) is 0.292. The molecule has 1 amide bonds. The van der Waals surface area contributed by atoms with Crippen LogP contribution in [0.4, 0.5) is 0 Å². The molecule has 1 aliphatic rings. The van der Waals surface area contributed by atoms with Crippen LogP contribution in [0.2, 0.25) is 0 Å². The van der Waals surface area contributed by atoms with Crippen molar-refractivity contribution in [2.45, 2.75) is 31.8 Å².